The highest BCUT2D eigenvalue weighted by Crippen LogP contribution is 2.38. The van der Waals surface area contributed by atoms with Gasteiger partial charge in [0.2, 0.25) is 0 Å². The number of halogens is 1. The van der Waals surface area contributed by atoms with Gasteiger partial charge in [0.05, 0.1) is 5.02 Å². The SMILES string of the molecule is OCCCc1cc2c(c(Cl)c1O)CCC2. The molecular weight excluding hydrogens is 212 g/mol. The number of aliphatic hydroxyl groups excluding tert-OH is 1. The molecule has 0 heterocycles. The van der Waals surface area contributed by atoms with Crippen molar-refractivity contribution in [1.29, 1.82) is 0 Å². The van der Waals surface area contributed by atoms with Gasteiger partial charge in [-0.05, 0) is 48.8 Å². The summed E-state index contributed by atoms with van der Waals surface area (Å²) in [6.07, 6.45) is 4.51. The van der Waals surface area contributed by atoms with Crippen molar-refractivity contribution in [2.75, 3.05) is 6.61 Å². The van der Waals surface area contributed by atoms with E-state index in [1.807, 2.05) is 6.07 Å². The van der Waals surface area contributed by atoms with E-state index < -0.39 is 0 Å². The molecule has 2 rings (SSSR count). The topological polar surface area (TPSA) is 40.5 Å². The first kappa shape index (κ1) is 10.8. The van der Waals surface area contributed by atoms with Crippen LogP contribution < -0.4 is 0 Å². The monoisotopic (exact) mass is 226 g/mol. The summed E-state index contributed by atoms with van der Waals surface area (Å²) in [6, 6.07) is 2.04. The molecule has 0 amide bonds. The van der Waals surface area contributed by atoms with Gasteiger partial charge in [0.1, 0.15) is 5.75 Å². The number of phenols is 1. The van der Waals surface area contributed by atoms with Gasteiger partial charge in [-0.25, -0.2) is 0 Å². The third kappa shape index (κ3) is 1.97. The summed E-state index contributed by atoms with van der Waals surface area (Å²) in [4.78, 5) is 0. The van der Waals surface area contributed by atoms with Gasteiger partial charge < -0.3 is 10.2 Å². The minimum Gasteiger partial charge on any atom is -0.506 e. The number of benzene rings is 1. The molecule has 0 radical (unpaired) electrons. The molecule has 0 aromatic heterocycles. The maximum absolute atomic E-state index is 9.87. The van der Waals surface area contributed by atoms with Crippen LogP contribution in [0.2, 0.25) is 5.02 Å². The van der Waals surface area contributed by atoms with Gasteiger partial charge in [0.15, 0.2) is 0 Å². The summed E-state index contributed by atoms with van der Waals surface area (Å²) < 4.78 is 0. The van der Waals surface area contributed by atoms with Crippen molar-refractivity contribution in [2.24, 2.45) is 0 Å². The van der Waals surface area contributed by atoms with Gasteiger partial charge in [0.25, 0.3) is 0 Å². The fourth-order valence-electron chi connectivity index (χ4n) is 2.20. The Kier molecular flexibility index (Phi) is 3.17. The van der Waals surface area contributed by atoms with Crippen LogP contribution in [0.25, 0.3) is 0 Å². The number of fused-ring (bicyclic) bond motifs is 1. The van der Waals surface area contributed by atoms with Gasteiger partial charge in [-0.15, -0.1) is 0 Å². The summed E-state index contributed by atoms with van der Waals surface area (Å²) in [5.74, 6) is 0.214. The van der Waals surface area contributed by atoms with Crippen LogP contribution in [0.15, 0.2) is 6.07 Å². The first-order chi connectivity index (χ1) is 7.24. The zero-order chi connectivity index (χ0) is 10.8. The van der Waals surface area contributed by atoms with Gasteiger partial charge >= 0.3 is 0 Å². The Morgan fingerprint density at radius 2 is 2.13 bits per heavy atom. The predicted molar refractivity (Wildman–Crippen MR) is 60.5 cm³/mol. The van der Waals surface area contributed by atoms with Crippen molar-refractivity contribution in [3.05, 3.63) is 27.8 Å². The maximum atomic E-state index is 9.87. The van der Waals surface area contributed by atoms with Crippen LogP contribution in [0, 0.1) is 0 Å². The number of rotatable bonds is 3. The van der Waals surface area contributed by atoms with Crippen LogP contribution in [-0.4, -0.2) is 16.8 Å². The molecule has 0 bridgehead atoms. The zero-order valence-corrected chi connectivity index (χ0v) is 9.35. The molecular formula is C12H15ClO2. The maximum Gasteiger partial charge on any atom is 0.137 e. The fourth-order valence-corrected chi connectivity index (χ4v) is 2.54. The summed E-state index contributed by atoms with van der Waals surface area (Å²) in [7, 11) is 0. The van der Waals surface area contributed by atoms with Crippen LogP contribution >= 0.6 is 11.6 Å². The molecule has 3 heteroatoms. The quantitative estimate of drug-likeness (QED) is 0.831. The average Bonchev–Trinajstić information content (AvgIpc) is 2.69. The van der Waals surface area contributed by atoms with Crippen LogP contribution in [0.1, 0.15) is 29.5 Å². The average molecular weight is 227 g/mol. The molecule has 1 aliphatic carbocycles. The van der Waals surface area contributed by atoms with Crippen LogP contribution in [0.5, 0.6) is 5.75 Å². The molecule has 1 aromatic rings. The van der Waals surface area contributed by atoms with E-state index in [-0.39, 0.29) is 12.4 Å². The molecule has 82 valence electrons. The summed E-state index contributed by atoms with van der Waals surface area (Å²) in [5.41, 5.74) is 3.25. The van der Waals surface area contributed by atoms with E-state index in [1.54, 1.807) is 0 Å². The standard InChI is InChI=1S/C12H15ClO2/c13-11-10-5-1-3-8(10)7-9(12(11)15)4-2-6-14/h7,14-15H,1-6H2. The molecule has 1 aliphatic rings. The van der Waals surface area contributed by atoms with Crippen molar-refractivity contribution in [2.45, 2.75) is 32.1 Å². The van der Waals surface area contributed by atoms with E-state index in [2.05, 4.69) is 0 Å². The number of aromatic hydroxyl groups is 1. The lowest BCUT2D eigenvalue weighted by Crippen LogP contribution is -1.94. The molecule has 0 saturated carbocycles. The minimum atomic E-state index is 0.147. The number of aryl methyl sites for hydroxylation is 2. The number of phenolic OH excluding ortho intramolecular Hbond substituents is 1. The molecule has 0 fully saturated rings. The van der Waals surface area contributed by atoms with E-state index in [0.29, 0.717) is 17.9 Å². The largest absolute Gasteiger partial charge is 0.506 e. The Labute approximate surface area is 94.5 Å². The zero-order valence-electron chi connectivity index (χ0n) is 8.59. The van der Waals surface area contributed by atoms with Gasteiger partial charge in [0, 0.05) is 6.61 Å². The second-order valence-corrected chi connectivity index (χ2v) is 4.39. The van der Waals surface area contributed by atoms with Gasteiger partial charge in [-0.3, -0.25) is 0 Å². The van der Waals surface area contributed by atoms with Crippen LogP contribution in [0.3, 0.4) is 0 Å². The highest BCUT2D eigenvalue weighted by Gasteiger charge is 2.19. The van der Waals surface area contributed by atoms with Crippen molar-refractivity contribution in [3.63, 3.8) is 0 Å². The lowest BCUT2D eigenvalue weighted by molar-refractivity contribution is 0.288. The molecule has 0 aliphatic heterocycles. The number of hydrogen-bond acceptors (Lipinski definition) is 2. The fraction of sp³-hybridized carbons (Fsp3) is 0.500. The first-order valence-corrected chi connectivity index (χ1v) is 5.74. The Balaban J connectivity index is 2.36. The Hall–Kier alpha value is -0.730. The Morgan fingerprint density at radius 1 is 1.33 bits per heavy atom. The molecule has 0 unspecified atom stereocenters. The molecule has 15 heavy (non-hydrogen) atoms. The molecule has 0 atom stereocenters. The number of hydrogen-bond donors (Lipinski definition) is 2. The minimum absolute atomic E-state index is 0.147. The Morgan fingerprint density at radius 3 is 2.87 bits per heavy atom. The van der Waals surface area contributed by atoms with E-state index in [1.165, 1.54) is 5.56 Å². The van der Waals surface area contributed by atoms with E-state index >= 15 is 0 Å². The highest BCUT2D eigenvalue weighted by molar-refractivity contribution is 6.33. The molecule has 0 spiro atoms. The molecule has 2 nitrogen and oxygen atoms in total. The molecule has 0 saturated heterocycles. The van der Waals surface area contributed by atoms with Gasteiger partial charge in [-0.2, -0.15) is 0 Å². The van der Waals surface area contributed by atoms with E-state index in [0.717, 1.165) is 30.4 Å². The summed E-state index contributed by atoms with van der Waals surface area (Å²) in [5, 5.41) is 19.2. The highest BCUT2D eigenvalue weighted by atomic mass is 35.5. The van der Waals surface area contributed by atoms with Crippen LogP contribution in [0.4, 0.5) is 0 Å². The van der Waals surface area contributed by atoms with Crippen molar-refractivity contribution >= 4 is 11.6 Å². The lowest BCUT2D eigenvalue weighted by atomic mass is 10.0. The third-order valence-corrected chi connectivity index (χ3v) is 3.40. The first-order valence-electron chi connectivity index (χ1n) is 5.37. The lowest BCUT2D eigenvalue weighted by Gasteiger charge is -2.10. The predicted octanol–water partition coefficient (Wildman–Crippen LogP) is 2.46. The van der Waals surface area contributed by atoms with Crippen molar-refractivity contribution < 1.29 is 10.2 Å². The second kappa shape index (κ2) is 4.42. The number of aliphatic hydroxyl groups is 1. The smallest absolute Gasteiger partial charge is 0.137 e. The van der Waals surface area contributed by atoms with Crippen LogP contribution in [-0.2, 0) is 19.3 Å². The summed E-state index contributed by atoms with van der Waals surface area (Å²) >= 11 is 6.11. The van der Waals surface area contributed by atoms with E-state index in [9.17, 15) is 5.11 Å². The van der Waals surface area contributed by atoms with Crippen molar-refractivity contribution in [1.82, 2.24) is 0 Å². The van der Waals surface area contributed by atoms with Crippen molar-refractivity contribution in [3.8, 4) is 5.75 Å². The molecule has 1 aromatic carbocycles. The summed E-state index contributed by atoms with van der Waals surface area (Å²) in [6.45, 7) is 0.147. The van der Waals surface area contributed by atoms with E-state index in [4.69, 9.17) is 16.7 Å². The molecule has 2 N–H and O–H groups in total. The normalized spacial score (nSPS) is 14.3. The Bertz CT molecular complexity index is 374. The third-order valence-electron chi connectivity index (χ3n) is 2.99. The second-order valence-electron chi connectivity index (χ2n) is 4.02. The van der Waals surface area contributed by atoms with Gasteiger partial charge in [-0.1, -0.05) is 17.7 Å².